The van der Waals surface area contributed by atoms with Crippen molar-refractivity contribution in [2.75, 3.05) is 0 Å². The second-order valence-electron chi connectivity index (χ2n) is 1.67. The first-order valence-electron chi connectivity index (χ1n) is 2.40. The largest absolute Gasteiger partial charge is 0.207 e. The average molecular weight is 140 g/mol. The molecule has 0 aromatic heterocycles. The van der Waals surface area contributed by atoms with Crippen molar-refractivity contribution in [3.63, 3.8) is 0 Å². The van der Waals surface area contributed by atoms with Crippen LogP contribution in [0.2, 0.25) is 5.02 Å². The molecule has 1 rings (SSSR count). The van der Waals surface area contributed by atoms with E-state index in [0.717, 1.165) is 0 Å². The third-order valence-corrected chi connectivity index (χ3v) is 1.29. The molecule has 0 saturated carbocycles. The van der Waals surface area contributed by atoms with E-state index in [1.54, 1.807) is 0 Å². The molecule has 0 atom stereocenters. The molecule has 3 heteroatoms. The van der Waals surface area contributed by atoms with Crippen molar-refractivity contribution in [1.82, 2.24) is 0 Å². The molecule has 0 unspecified atom stereocenters. The van der Waals surface area contributed by atoms with Gasteiger partial charge in [0, 0.05) is 5.02 Å². The van der Waals surface area contributed by atoms with E-state index in [1.165, 1.54) is 18.2 Å². The van der Waals surface area contributed by atoms with Gasteiger partial charge in [-0.1, -0.05) is 23.1 Å². The summed E-state index contributed by atoms with van der Waals surface area (Å²) < 4.78 is 12.2. The van der Waals surface area contributed by atoms with Gasteiger partial charge in [-0.05, 0) is 12.1 Å². The summed E-state index contributed by atoms with van der Waals surface area (Å²) in [6.45, 7) is 0. The van der Waals surface area contributed by atoms with Crippen LogP contribution in [-0.4, -0.2) is 7.85 Å². The molecule has 0 bridgehead atoms. The maximum Gasteiger partial charge on any atom is 0.124 e. The van der Waals surface area contributed by atoms with Crippen LogP contribution in [0, 0.1) is 5.82 Å². The Morgan fingerprint density at radius 2 is 2.11 bits per heavy atom. The van der Waals surface area contributed by atoms with E-state index in [1.807, 2.05) is 0 Å². The number of halogens is 2. The smallest absolute Gasteiger partial charge is 0.124 e. The zero-order valence-corrected chi connectivity index (χ0v) is 5.32. The molecular formula is C6H3BClF. The van der Waals surface area contributed by atoms with E-state index < -0.39 is 0 Å². The van der Waals surface area contributed by atoms with Crippen LogP contribution < -0.4 is 5.46 Å². The van der Waals surface area contributed by atoms with Crippen molar-refractivity contribution in [1.29, 1.82) is 0 Å². The molecule has 0 nitrogen and oxygen atoms in total. The molecule has 0 aliphatic heterocycles. The molecule has 0 heterocycles. The molecule has 0 aliphatic carbocycles. The Morgan fingerprint density at radius 1 is 1.44 bits per heavy atom. The fraction of sp³-hybridized carbons (Fsp3) is 0. The highest BCUT2D eigenvalue weighted by Gasteiger charge is 1.93. The lowest BCUT2D eigenvalue weighted by Gasteiger charge is -1.94. The Bertz CT molecular complexity index is 224. The topological polar surface area (TPSA) is 0 Å². The van der Waals surface area contributed by atoms with Crippen LogP contribution in [0.5, 0.6) is 0 Å². The average Bonchev–Trinajstić information content (AvgIpc) is 1.80. The predicted molar refractivity (Wildman–Crippen MR) is 36.8 cm³/mol. The molecule has 1 aromatic carbocycles. The lowest BCUT2D eigenvalue weighted by Crippen LogP contribution is -2.02. The standard InChI is InChI=1S/C6H3BClF/c7-5-2-1-4(9)3-6(5)8/h1-3H. The highest BCUT2D eigenvalue weighted by Crippen LogP contribution is 2.05. The third-order valence-electron chi connectivity index (χ3n) is 0.962. The van der Waals surface area contributed by atoms with Gasteiger partial charge in [-0.2, -0.15) is 0 Å². The lowest BCUT2D eigenvalue weighted by atomic mass is 9.96. The van der Waals surface area contributed by atoms with E-state index in [9.17, 15) is 4.39 Å². The summed E-state index contributed by atoms with van der Waals surface area (Å²) in [7, 11) is 5.29. The van der Waals surface area contributed by atoms with Crippen molar-refractivity contribution < 1.29 is 4.39 Å². The summed E-state index contributed by atoms with van der Waals surface area (Å²) >= 11 is 5.45. The van der Waals surface area contributed by atoms with Crippen LogP contribution in [0.3, 0.4) is 0 Å². The number of hydrogen-bond donors (Lipinski definition) is 0. The van der Waals surface area contributed by atoms with Gasteiger partial charge in [0.15, 0.2) is 0 Å². The van der Waals surface area contributed by atoms with Gasteiger partial charge < -0.3 is 0 Å². The van der Waals surface area contributed by atoms with Gasteiger partial charge in [0.25, 0.3) is 0 Å². The molecule has 2 radical (unpaired) electrons. The quantitative estimate of drug-likeness (QED) is 0.476. The summed E-state index contributed by atoms with van der Waals surface area (Å²) in [5.74, 6) is -0.366. The van der Waals surface area contributed by atoms with Crippen LogP contribution >= 0.6 is 11.6 Å². The Balaban J connectivity index is 3.17. The van der Waals surface area contributed by atoms with Gasteiger partial charge in [-0.15, -0.1) is 0 Å². The minimum Gasteiger partial charge on any atom is -0.207 e. The summed E-state index contributed by atoms with van der Waals surface area (Å²) in [6, 6.07) is 3.87. The Labute approximate surface area is 59.1 Å². The molecule has 0 amide bonds. The minimum absolute atomic E-state index is 0.259. The second-order valence-corrected chi connectivity index (χ2v) is 2.07. The van der Waals surface area contributed by atoms with Crippen LogP contribution in [0.4, 0.5) is 4.39 Å². The zero-order valence-electron chi connectivity index (χ0n) is 4.57. The summed E-state index contributed by atoms with van der Waals surface area (Å²) in [4.78, 5) is 0. The normalized spacial score (nSPS) is 9.56. The molecule has 0 N–H and O–H groups in total. The van der Waals surface area contributed by atoms with Crippen LogP contribution in [0.25, 0.3) is 0 Å². The molecule has 0 fully saturated rings. The Hall–Kier alpha value is -0.495. The number of hydrogen-bond acceptors (Lipinski definition) is 0. The van der Waals surface area contributed by atoms with E-state index in [0.29, 0.717) is 5.46 Å². The zero-order chi connectivity index (χ0) is 6.85. The highest BCUT2D eigenvalue weighted by atomic mass is 35.5. The van der Waals surface area contributed by atoms with Crippen LogP contribution in [0.15, 0.2) is 18.2 Å². The van der Waals surface area contributed by atoms with Crippen LogP contribution in [-0.2, 0) is 0 Å². The molecule has 0 spiro atoms. The van der Waals surface area contributed by atoms with Gasteiger partial charge in [-0.3, -0.25) is 0 Å². The van der Waals surface area contributed by atoms with Crippen molar-refractivity contribution >= 4 is 24.9 Å². The summed E-state index contributed by atoms with van der Waals surface area (Å²) in [6.07, 6.45) is 0. The summed E-state index contributed by atoms with van der Waals surface area (Å²) in [5, 5.41) is 0.259. The maximum absolute atomic E-state index is 12.2. The molecule has 0 saturated heterocycles. The maximum atomic E-state index is 12.2. The van der Waals surface area contributed by atoms with Crippen molar-refractivity contribution in [3.05, 3.63) is 29.0 Å². The lowest BCUT2D eigenvalue weighted by molar-refractivity contribution is 0.628. The number of benzene rings is 1. The summed E-state index contributed by atoms with van der Waals surface area (Å²) in [5.41, 5.74) is 0.401. The predicted octanol–water partition coefficient (Wildman–Crippen LogP) is 1.27. The molecule has 1 aromatic rings. The van der Waals surface area contributed by atoms with Crippen LogP contribution in [0.1, 0.15) is 0 Å². The van der Waals surface area contributed by atoms with Gasteiger partial charge in [0.1, 0.15) is 13.7 Å². The first-order valence-corrected chi connectivity index (χ1v) is 2.78. The van der Waals surface area contributed by atoms with Crippen molar-refractivity contribution in [2.24, 2.45) is 0 Å². The molecular weight excluding hydrogens is 137 g/mol. The molecule has 9 heavy (non-hydrogen) atoms. The van der Waals surface area contributed by atoms with Crippen molar-refractivity contribution in [3.8, 4) is 0 Å². The number of rotatable bonds is 0. The first-order chi connectivity index (χ1) is 4.20. The minimum atomic E-state index is -0.366. The molecule has 44 valence electrons. The van der Waals surface area contributed by atoms with Crippen molar-refractivity contribution in [2.45, 2.75) is 0 Å². The fourth-order valence-corrected chi connectivity index (χ4v) is 0.669. The van der Waals surface area contributed by atoms with Gasteiger partial charge in [-0.25, -0.2) is 4.39 Å². The van der Waals surface area contributed by atoms with E-state index in [4.69, 9.17) is 19.4 Å². The SMILES string of the molecule is [B]c1ccc(F)cc1Cl. The Kier molecular flexibility index (Phi) is 1.77. The Morgan fingerprint density at radius 3 is 2.56 bits per heavy atom. The monoisotopic (exact) mass is 140 g/mol. The van der Waals surface area contributed by atoms with E-state index >= 15 is 0 Å². The van der Waals surface area contributed by atoms with E-state index in [2.05, 4.69) is 0 Å². The van der Waals surface area contributed by atoms with Gasteiger partial charge >= 0.3 is 0 Å². The third kappa shape index (κ3) is 1.45. The van der Waals surface area contributed by atoms with Gasteiger partial charge in [0.2, 0.25) is 0 Å². The van der Waals surface area contributed by atoms with E-state index in [-0.39, 0.29) is 10.8 Å². The molecule has 0 aliphatic rings. The van der Waals surface area contributed by atoms with Gasteiger partial charge in [0.05, 0.1) is 0 Å². The highest BCUT2D eigenvalue weighted by molar-refractivity contribution is 6.44. The first kappa shape index (κ1) is 6.62. The fourth-order valence-electron chi connectivity index (χ4n) is 0.502. The second kappa shape index (κ2) is 2.40.